The Labute approximate surface area is 138 Å². The zero-order valence-electron chi connectivity index (χ0n) is 14.0. The first-order valence-corrected chi connectivity index (χ1v) is 9.15. The lowest BCUT2D eigenvalue weighted by Gasteiger charge is -2.10. The lowest BCUT2D eigenvalue weighted by atomic mass is 10.00. The van der Waals surface area contributed by atoms with E-state index in [-0.39, 0.29) is 0 Å². The second-order valence-electron chi connectivity index (χ2n) is 5.69. The fourth-order valence-corrected chi connectivity index (χ4v) is 3.27. The fraction of sp³-hybridized carbons (Fsp3) is 0.350. The van der Waals surface area contributed by atoms with Crippen LogP contribution in [0.3, 0.4) is 0 Å². The average Bonchev–Trinajstić information content (AvgIpc) is 2.52. The Morgan fingerprint density at radius 3 is 2.64 bits per heavy atom. The number of hydrogen-bond acceptors (Lipinski definition) is 2. The molecule has 0 heterocycles. The molecule has 2 rings (SSSR count). The molecule has 2 heteroatoms. The minimum Gasteiger partial charge on any atom is -0.256 e. The number of aliphatic imine (C=N–C) groups is 1. The van der Waals surface area contributed by atoms with Crippen LogP contribution in [0, 0.1) is 13.8 Å². The molecule has 22 heavy (non-hydrogen) atoms. The molecule has 1 nitrogen and oxygen atoms in total. The van der Waals surface area contributed by atoms with E-state index in [0.29, 0.717) is 0 Å². The largest absolute Gasteiger partial charge is 0.256 e. The smallest absolute Gasteiger partial charge is 0.0691 e. The van der Waals surface area contributed by atoms with Gasteiger partial charge < -0.3 is 0 Å². The lowest BCUT2D eigenvalue weighted by molar-refractivity contribution is 0.794. The number of rotatable bonds is 6. The van der Waals surface area contributed by atoms with Crippen molar-refractivity contribution >= 4 is 23.7 Å². The van der Waals surface area contributed by atoms with Crippen molar-refractivity contribution in [3.05, 3.63) is 58.7 Å². The molecule has 0 aromatic heterocycles. The maximum Gasteiger partial charge on any atom is 0.0691 e. The third-order valence-corrected chi connectivity index (χ3v) is 4.61. The van der Waals surface area contributed by atoms with Crippen molar-refractivity contribution in [2.75, 3.05) is 6.26 Å². The molecule has 0 saturated carbocycles. The van der Waals surface area contributed by atoms with Crippen LogP contribution in [0.25, 0.3) is 0 Å². The Morgan fingerprint density at radius 1 is 1.14 bits per heavy atom. The molecular weight excluding hydrogens is 286 g/mol. The fourth-order valence-electron chi connectivity index (χ4n) is 2.70. The molecule has 0 fully saturated rings. The Morgan fingerprint density at radius 2 is 1.91 bits per heavy atom. The molecule has 116 valence electrons. The maximum absolute atomic E-state index is 4.84. The minimum absolute atomic E-state index is 1.11. The van der Waals surface area contributed by atoms with Crippen LogP contribution in [0.2, 0.25) is 0 Å². The van der Waals surface area contributed by atoms with Gasteiger partial charge in [0, 0.05) is 16.7 Å². The van der Waals surface area contributed by atoms with Gasteiger partial charge in [-0.05, 0) is 50.1 Å². The van der Waals surface area contributed by atoms with E-state index in [1.54, 1.807) is 11.8 Å². The highest BCUT2D eigenvalue weighted by atomic mass is 32.2. The van der Waals surface area contributed by atoms with Crippen LogP contribution in [0.5, 0.6) is 0 Å². The third-order valence-electron chi connectivity index (χ3n) is 3.80. The molecule has 0 aliphatic heterocycles. The molecule has 0 spiro atoms. The summed E-state index contributed by atoms with van der Waals surface area (Å²) >= 11 is 1.76. The van der Waals surface area contributed by atoms with Crippen molar-refractivity contribution in [1.82, 2.24) is 0 Å². The molecule has 0 radical (unpaired) electrons. The van der Waals surface area contributed by atoms with Gasteiger partial charge in [-0.1, -0.05) is 49.2 Å². The zero-order chi connectivity index (χ0) is 15.9. The van der Waals surface area contributed by atoms with Gasteiger partial charge in [-0.3, -0.25) is 4.99 Å². The van der Waals surface area contributed by atoms with Crippen LogP contribution in [0.15, 0.2) is 46.3 Å². The second kappa shape index (κ2) is 8.19. The zero-order valence-corrected chi connectivity index (χ0v) is 14.8. The number of nitrogens with zero attached hydrogens (tertiary/aromatic N) is 1. The quantitative estimate of drug-likeness (QED) is 0.462. The van der Waals surface area contributed by atoms with Gasteiger partial charge in [0.15, 0.2) is 0 Å². The van der Waals surface area contributed by atoms with Gasteiger partial charge in [0.25, 0.3) is 0 Å². The highest BCUT2D eigenvalue weighted by Gasteiger charge is 2.06. The van der Waals surface area contributed by atoms with Gasteiger partial charge in [0.1, 0.15) is 0 Å². The normalized spacial score (nSPS) is 11.3. The van der Waals surface area contributed by atoms with Crippen molar-refractivity contribution in [3.8, 4) is 0 Å². The second-order valence-corrected chi connectivity index (χ2v) is 6.54. The molecule has 0 aliphatic carbocycles. The molecular formula is C20H25NS. The number of thioether (sulfide) groups is 1. The van der Waals surface area contributed by atoms with Crippen molar-refractivity contribution in [1.29, 1.82) is 0 Å². The molecule has 2 aromatic rings. The molecule has 0 bridgehead atoms. The number of benzene rings is 2. The predicted octanol–water partition coefficient (Wildman–Crippen LogP) is 6.12. The Balaban J connectivity index is 2.37. The van der Waals surface area contributed by atoms with Crippen molar-refractivity contribution in [3.63, 3.8) is 0 Å². The summed E-state index contributed by atoms with van der Waals surface area (Å²) < 4.78 is 0. The predicted molar refractivity (Wildman–Crippen MR) is 100 cm³/mol. The van der Waals surface area contributed by atoms with Crippen LogP contribution < -0.4 is 0 Å². The Hall–Kier alpha value is -1.54. The van der Waals surface area contributed by atoms with E-state index in [1.807, 2.05) is 6.21 Å². The molecule has 0 saturated heterocycles. The first-order chi connectivity index (χ1) is 10.7. The summed E-state index contributed by atoms with van der Waals surface area (Å²) in [6, 6.07) is 12.9. The SMILES string of the molecule is CCCCc1cc(C)cc(C)c1N=Cc1ccccc1SC. The maximum atomic E-state index is 4.84. The van der Waals surface area contributed by atoms with Crippen LogP contribution >= 0.6 is 11.8 Å². The minimum atomic E-state index is 1.11. The van der Waals surface area contributed by atoms with E-state index in [2.05, 4.69) is 63.4 Å². The molecule has 0 N–H and O–H groups in total. The topological polar surface area (TPSA) is 12.4 Å². The summed E-state index contributed by atoms with van der Waals surface area (Å²) in [6.07, 6.45) is 7.66. The number of hydrogen-bond donors (Lipinski definition) is 0. The van der Waals surface area contributed by atoms with Crippen molar-refractivity contribution in [2.24, 2.45) is 4.99 Å². The van der Waals surface area contributed by atoms with Gasteiger partial charge in [0.05, 0.1) is 5.69 Å². The monoisotopic (exact) mass is 311 g/mol. The molecule has 0 amide bonds. The van der Waals surface area contributed by atoms with E-state index >= 15 is 0 Å². The summed E-state index contributed by atoms with van der Waals surface area (Å²) in [6.45, 7) is 6.56. The summed E-state index contributed by atoms with van der Waals surface area (Å²) in [5.41, 5.74) is 6.31. The summed E-state index contributed by atoms with van der Waals surface area (Å²) in [5.74, 6) is 0. The molecule has 0 atom stereocenters. The van der Waals surface area contributed by atoms with Crippen LogP contribution in [0.1, 0.15) is 42.0 Å². The van der Waals surface area contributed by atoms with E-state index in [9.17, 15) is 0 Å². The summed E-state index contributed by atoms with van der Waals surface area (Å²) in [5, 5.41) is 0. The van der Waals surface area contributed by atoms with Gasteiger partial charge in [-0.15, -0.1) is 11.8 Å². The van der Waals surface area contributed by atoms with Crippen LogP contribution in [-0.2, 0) is 6.42 Å². The van der Waals surface area contributed by atoms with Crippen LogP contribution in [-0.4, -0.2) is 12.5 Å². The first-order valence-electron chi connectivity index (χ1n) is 7.93. The van der Waals surface area contributed by atoms with Crippen molar-refractivity contribution in [2.45, 2.75) is 44.9 Å². The molecule has 0 unspecified atom stereocenters. The Bertz CT molecular complexity index is 659. The lowest BCUT2D eigenvalue weighted by Crippen LogP contribution is -1.92. The third kappa shape index (κ3) is 4.23. The number of unbranched alkanes of at least 4 members (excludes halogenated alkanes) is 1. The first kappa shape index (κ1) is 16.8. The molecule has 2 aromatic carbocycles. The van der Waals surface area contributed by atoms with E-state index in [1.165, 1.54) is 40.0 Å². The molecule has 0 aliphatic rings. The summed E-state index contributed by atoms with van der Waals surface area (Å²) in [4.78, 5) is 6.11. The highest BCUT2D eigenvalue weighted by molar-refractivity contribution is 7.98. The highest BCUT2D eigenvalue weighted by Crippen LogP contribution is 2.28. The van der Waals surface area contributed by atoms with E-state index in [0.717, 1.165) is 12.1 Å². The van der Waals surface area contributed by atoms with Gasteiger partial charge >= 0.3 is 0 Å². The van der Waals surface area contributed by atoms with Gasteiger partial charge in [0.2, 0.25) is 0 Å². The van der Waals surface area contributed by atoms with Crippen LogP contribution in [0.4, 0.5) is 5.69 Å². The van der Waals surface area contributed by atoms with E-state index in [4.69, 9.17) is 4.99 Å². The average molecular weight is 311 g/mol. The van der Waals surface area contributed by atoms with Crippen molar-refractivity contribution < 1.29 is 0 Å². The van der Waals surface area contributed by atoms with E-state index < -0.39 is 0 Å². The summed E-state index contributed by atoms with van der Waals surface area (Å²) in [7, 11) is 0. The number of aryl methyl sites for hydroxylation is 3. The van der Waals surface area contributed by atoms with Gasteiger partial charge in [-0.25, -0.2) is 0 Å². The standard InChI is InChI=1S/C20H25NS/c1-5-6-9-17-13-15(2)12-16(3)20(17)21-14-18-10-7-8-11-19(18)22-4/h7-8,10-14H,5-6,9H2,1-4H3. The van der Waals surface area contributed by atoms with Gasteiger partial charge in [-0.2, -0.15) is 0 Å². The Kier molecular flexibility index (Phi) is 6.26.